The number of rotatable bonds is 3. The van der Waals surface area contributed by atoms with E-state index in [0.29, 0.717) is 16.7 Å². The Bertz CT molecular complexity index is 786. The zero-order valence-corrected chi connectivity index (χ0v) is 12.2. The van der Waals surface area contributed by atoms with Gasteiger partial charge in [-0.2, -0.15) is 10.2 Å². The summed E-state index contributed by atoms with van der Waals surface area (Å²) < 4.78 is 5.76. The first-order chi connectivity index (χ1) is 10.3. The molecule has 0 spiro atoms. The Balaban J connectivity index is 1.95. The van der Waals surface area contributed by atoms with E-state index in [1.54, 1.807) is 0 Å². The van der Waals surface area contributed by atoms with Crippen molar-refractivity contribution in [1.29, 1.82) is 5.26 Å². The number of nitriles is 1. The summed E-state index contributed by atoms with van der Waals surface area (Å²) in [5.41, 5.74) is 2.36. The van der Waals surface area contributed by atoms with Gasteiger partial charge in [-0.05, 0) is 43.0 Å². The number of benzene rings is 2. The van der Waals surface area contributed by atoms with E-state index < -0.39 is 0 Å². The molecule has 3 nitrogen and oxygen atoms in total. The predicted molar refractivity (Wildman–Crippen MR) is 82.0 cm³/mol. The van der Waals surface area contributed by atoms with Crippen molar-refractivity contribution in [2.45, 2.75) is 16.9 Å². The van der Waals surface area contributed by atoms with E-state index >= 15 is 0 Å². The summed E-state index contributed by atoms with van der Waals surface area (Å²) >= 11 is 1.41. The highest BCUT2D eigenvalue weighted by molar-refractivity contribution is 7.99. The Kier molecular flexibility index (Phi) is 3.76. The van der Waals surface area contributed by atoms with Gasteiger partial charge < -0.3 is 4.42 Å². The molecule has 1 heterocycles. The maximum atomic E-state index is 9.21. The minimum absolute atomic E-state index is 0.319. The first-order valence-electron chi connectivity index (χ1n) is 6.47. The zero-order valence-electron chi connectivity index (χ0n) is 11.4. The van der Waals surface area contributed by atoms with Crippen LogP contribution in [0.2, 0.25) is 0 Å². The molecule has 3 aromatic rings. The van der Waals surface area contributed by atoms with Gasteiger partial charge in [0.25, 0.3) is 0 Å². The first kappa shape index (κ1) is 13.5. The van der Waals surface area contributed by atoms with Gasteiger partial charge in [0, 0.05) is 10.5 Å². The number of aromatic nitrogens is 1. The van der Waals surface area contributed by atoms with Crippen molar-refractivity contribution in [2.24, 2.45) is 0 Å². The molecule has 0 N–H and O–H groups in total. The molecule has 0 aliphatic heterocycles. The minimum atomic E-state index is 0.319. The summed E-state index contributed by atoms with van der Waals surface area (Å²) in [4.78, 5) is 5.29. The lowest BCUT2D eigenvalue weighted by Crippen LogP contribution is -1.79. The van der Waals surface area contributed by atoms with Gasteiger partial charge >= 0.3 is 0 Å². The van der Waals surface area contributed by atoms with Gasteiger partial charge in [0.1, 0.15) is 6.07 Å². The van der Waals surface area contributed by atoms with Crippen LogP contribution in [0.4, 0.5) is 0 Å². The second-order valence-corrected chi connectivity index (χ2v) is 5.59. The number of hydrogen-bond acceptors (Lipinski definition) is 4. The number of oxazole rings is 1. The van der Waals surface area contributed by atoms with Crippen molar-refractivity contribution in [3.05, 3.63) is 65.9 Å². The van der Waals surface area contributed by atoms with Crippen LogP contribution in [-0.4, -0.2) is 4.98 Å². The molecule has 1 aromatic heterocycles. The highest BCUT2D eigenvalue weighted by atomic mass is 32.2. The SMILES string of the molecule is Cc1ccc(-c2nc(C#N)c(Sc3ccccc3)o2)cc1. The summed E-state index contributed by atoms with van der Waals surface area (Å²) in [6, 6.07) is 19.8. The van der Waals surface area contributed by atoms with E-state index in [1.165, 1.54) is 17.3 Å². The Labute approximate surface area is 127 Å². The molecule has 3 rings (SSSR count). The fourth-order valence-corrected chi connectivity index (χ4v) is 2.68. The van der Waals surface area contributed by atoms with Crippen LogP contribution in [0.1, 0.15) is 11.3 Å². The monoisotopic (exact) mass is 292 g/mol. The molecular weight excluding hydrogens is 280 g/mol. The van der Waals surface area contributed by atoms with E-state index in [9.17, 15) is 5.26 Å². The summed E-state index contributed by atoms with van der Waals surface area (Å²) in [6.07, 6.45) is 0. The third-order valence-electron chi connectivity index (χ3n) is 2.95. The molecule has 4 heteroatoms. The molecule has 0 amide bonds. The maximum Gasteiger partial charge on any atom is 0.228 e. The summed E-state index contributed by atoms with van der Waals surface area (Å²) in [5, 5.41) is 9.74. The van der Waals surface area contributed by atoms with E-state index in [-0.39, 0.29) is 0 Å². The molecule has 0 bridgehead atoms. The number of aryl methyl sites for hydroxylation is 1. The minimum Gasteiger partial charge on any atom is -0.428 e. The fourth-order valence-electron chi connectivity index (χ4n) is 1.86. The molecule has 102 valence electrons. The summed E-state index contributed by atoms with van der Waals surface area (Å²) in [6.45, 7) is 2.02. The van der Waals surface area contributed by atoms with Crippen LogP contribution in [0.15, 0.2) is 69.0 Å². The molecular formula is C17H12N2OS. The molecule has 0 unspecified atom stereocenters. The molecule has 0 aliphatic carbocycles. The molecule has 21 heavy (non-hydrogen) atoms. The Morgan fingerprint density at radius 3 is 2.43 bits per heavy atom. The van der Waals surface area contributed by atoms with E-state index in [2.05, 4.69) is 11.1 Å². The lowest BCUT2D eigenvalue weighted by Gasteiger charge is -1.97. The molecule has 0 fully saturated rings. The zero-order chi connectivity index (χ0) is 14.7. The topological polar surface area (TPSA) is 49.8 Å². The highest BCUT2D eigenvalue weighted by Gasteiger charge is 2.15. The van der Waals surface area contributed by atoms with Gasteiger partial charge in [-0.1, -0.05) is 35.9 Å². The second kappa shape index (κ2) is 5.86. The Morgan fingerprint density at radius 2 is 1.76 bits per heavy atom. The van der Waals surface area contributed by atoms with Crippen LogP contribution < -0.4 is 0 Å². The third kappa shape index (κ3) is 2.99. The van der Waals surface area contributed by atoms with Crippen LogP contribution >= 0.6 is 11.8 Å². The van der Waals surface area contributed by atoms with E-state index in [1.807, 2.05) is 61.5 Å². The van der Waals surface area contributed by atoms with Crippen LogP contribution in [-0.2, 0) is 0 Å². The molecule has 0 saturated carbocycles. The fraction of sp³-hybridized carbons (Fsp3) is 0.0588. The van der Waals surface area contributed by atoms with Gasteiger partial charge in [0.2, 0.25) is 11.0 Å². The van der Waals surface area contributed by atoms with Crippen molar-refractivity contribution in [2.75, 3.05) is 0 Å². The highest BCUT2D eigenvalue weighted by Crippen LogP contribution is 2.33. The number of hydrogen-bond donors (Lipinski definition) is 0. The summed E-state index contributed by atoms with van der Waals surface area (Å²) in [5.74, 6) is 0.477. The predicted octanol–water partition coefficient (Wildman–Crippen LogP) is 4.67. The Morgan fingerprint density at radius 1 is 1.05 bits per heavy atom. The third-order valence-corrected chi connectivity index (χ3v) is 3.92. The molecule has 0 saturated heterocycles. The molecule has 0 radical (unpaired) electrons. The van der Waals surface area contributed by atoms with E-state index in [4.69, 9.17) is 4.42 Å². The molecule has 0 aliphatic rings. The van der Waals surface area contributed by atoms with Crippen LogP contribution in [0.25, 0.3) is 11.5 Å². The maximum absolute atomic E-state index is 9.21. The van der Waals surface area contributed by atoms with Crippen molar-refractivity contribution < 1.29 is 4.42 Å². The van der Waals surface area contributed by atoms with Gasteiger partial charge in [-0.25, -0.2) is 0 Å². The van der Waals surface area contributed by atoms with Crippen molar-refractivity contribution in [3.8, 4) is 17.5 Å². The van der Waals surface area contributed by atoms with Crippen LogP contribution in [0.3, 0.4) is 0 Å². The molecule has 2 aromatic carbocycles. The van der Waals surface area contributed by atoms with E-state index in [0.717, 1.165) is 10.5 Å². The largest absolute Gasteiger partial charge is 0.428 e. The van der Waals surface area contributed by atoms with Crippen molar-refractivity contribution in [1.82, 2.24) is 4.98 Å². The van der Waals surface area contributed by atoms with Gasteiger partial charge in [0.15, 0.2) is 5.69 Å². The standard InChI is InChI=1S/C17H12N2OS/c1-12-7-9-13(10-8-12)16-19-15(11-18)17(20-16)21-14-5-3-2-4-6-14/h2-10H,1H3. The lowest BCUT2D eigenvalue weighted by atomic mass is 10.1. The second-order valence-electron chi connectivity index (χ2n) is 4.55. The lowest BCUT2D eigenvalue weighted by molar-refractivity contribution is 0.483. The summed E-state index contributed by atoms with van der Waals surface area (Å²) in [7, 11) is 0. The molecule has 0 atom stereocenters. The number of nitrogens with zero attached hydrogens (tertiary/aromatic N) is 2. The van der Waals surface area contributed by atoms with Crippen molar-refractivity contribution in [3.63, 3.8) is 0 Å². The van der Waals surface area contributed by atoms with Gasteiger partial charge in [-0.3, -0.25) is 0 Å². The van der Waals surface area contributed by atoms with Crippen molar-refractivity contribution >= 4 is 11.8 Å². The quantitative estimate of drug-likeness (QED) is 0.703. The Hall–Kier alpha value is -2.51. The van der Waals surface area contributed by atoms with Gasteiger partial charge in [0.05, 0.1) is 0 Å². The smallest absolute Gasteiger partial charge is 0.228 e. The normalized spacial score (nSPS) is 10.3. The average Bonchev–Trinajstić information content (AvgIpc) is 2.92. The first-order valence-corrected chi connectivity index (χ1v) is 7.29. The average molecular weight is 292 g/mol. The van der Waals surface area contributed by atoms with Gasteiger partial charge in [-0.15, -0.1) is 0 Å². The van der Waals surface area contributed by atoms with Crippen LogP contribution in [0, 0.1) is 18.3 Å². The van der Waals surface area contributed by atoms with Crippen LogP contribution in [0.5, 0.6) is 0 Å².